The van der Waals surface area contributed by atoms with Crippen molar-refractivity contribution in [3.05, 3.63) is 48.7 Å². The fraction of sp³-hybridized carbons (Fsp3) is 0.600. The Bertz CT molecular complexity index is 1730. The Morgan fingerprint density at radius 3 is 2.37 bits per heavy atom. The lowest BCUT2D eigenvalue weighted by atomic mass is 9.61. The molecule has 6 heterocycles. The number of nitrogens with zero attached hydrogens (tertiary/aromatic N) is 7. The maximum absolute atomic E-state index is 12.5. The Morgan fingerprint density at radius 2 is 1.67 bits per heavy atom. The highest BCUT2D eigenvalue weighted by Gasteiger charge is 2.47. The standard InChI is InChI=1S/C40H54N8O4/c1-39(2,3)52-38(50)46-16-11-27(12-17-46)24-45-18-13-40(14-19-45)22-31(23-40)51-36-20-28(10-15-42-36)48-29-8-9-30(48)26-47(25-29)34-21-33(43-44-37(34)41)32-6-4-5-7-35(32)49/h4-7,10,15,20-21,27,29-31,49H,8-9,11-14,16-19,22-26H2,1-3H3,(H2,41,44). The summed E-state index contributed by atoms with van der Waals surface area (Å²) in [5.41, 5.74) is 9.63. The van der Waals surface area contributed by atoms with Gasteiger partial charge in [-0.15, -0.1) is 10.2 Å². The number of rotatable bonds is 7. The van der Waals surface area contributed by atoms with E-state index < -0.39 is 5.60 Å². The SMILES string of the molecule is CC(C)(C)OC(=O)N1CCC(CN2CCC3(CC2)CC(Oc2cc(N4C5CCC4CN(c4cc(-c6ccccc6O)nnc4N)C5)ccn2)C3)CC1. The number of para-hydroxylation sites is 1. The molecule has 3 N–H and O–H groups in total. The number of fused-ring (bicyclic) bond motifs is 2. The molecule has 12 nitrogen and oxygen atoms in total. The van der Waals surface area contributed by atoms with Gasteiger partial charge in [0.15, 0.2) is 5.82 Å². The summed E-state index contributed by atoms with van der Waals surface area (Å²) in [6.07, 6.45) is 10.9. The molecule has 3 aromatic rings. The average molecular weight is 711 g/mol. The van der Waals surface area contributed by atoms with Crippen molar-refractivity contribution in [2.75, 3.05) is 61.3 Å². The number of piperidine rings is 2. The average Bonchev–Trinajstić information content (AvgIpc) is 3.37. The normalized spacial score (nSPS) is 23.9. The zero-order valence-electron chi connectivity index (χ0n) is 30.9. The number of phenols is 1. The number of carbonyl (C=O) groups is 1. The number of phenolic OH excluding ortho intramolecular Hbond substituents is 1. The number of hydrogen-bond acceptors (Lipinski definition) is 11. The minimum atomic E-state index is -0.445. The number of anilines is 3. The molecule has 5 aliphatic rings. The third-order valence-corrected chi connectivity index (χ3v) is 12.1. The lowest BCUT2D eigenvalue weighted by molar-refractivity contribution is -0.0596. The maximum atomic E-state index is 12.5. The summed E-state index contributed by atoms with van der Waals surface area (Å²) in [5, 5.41) is 19.0. The zero-order valence-corrected chi connectivity index (χ0v) is 30.9. The van der Waals surface area contributed by atoms with Gasteiger partial charge in [0.1, 0.15) is 17.5 Å². The summed E-state index contributed by atoms with van der Waals surface area (Å²) < 4.78 is 12.1. The summed E-state index contributed by atoms with van der Waals surface area (Å²) in [7, 11) is 0. The van der Waals surface area contributed by atoms with E-state index in [1.165, 1.54) is 18.5 Å². The van der Waals surface area contributed by atoms with E-state index in [1.54, 1.807) is 12.1 Å². The van der Waals surface area contributed by atoms with Gasteiger partial charge >= 0.3 is 6.09 Å². The summed E-state index contributed by atoms with van der Waals surface area (Å²) in [6, 6.07) is 14.1. The predicted octanol–water partition coefficient (Wildman–Crippen LogP) is 5.95. The van der Waals surface area contributed by atoms with E-state index in [2.05, 4.69) is 42.0 Å². The number of pyridine rings is 1. The number of aromatic nitrogens is 3. The molecule has 2 bridgehead atoms. The van der Waals surface area contributed by atoms with Gasteiger partial charge in [-0.1, -0.05) is 12.1 Å². The van der Waals surface area contributed by atoms with Gasteiger partial charge in [0.05, 0.1) is 11.4 Å². The van der Waals surface area contributed by atoms with Crippen molar-refractivity contribution in [3.63, 3.8) is 0 Å². The van der Waals surface area contributed by atoms with Gasteiger partial charge in [-0.2, -0.15) is 0 Å². The number of amides is 1. The Labute approximate surface area is 307 Å². The van der Waals surface area contributed by atoms with E-state index in [9.17, 15) is 9.90 Å². The molecule has 4 saturated heterocycles. The molecule has 4 aliphatic heterocycles. The van der Waals surface area contributed by atoms with Crippen LogP contribution in [0.4, 0.5) is 22.0 Å². The number of carbonyl (C=O) groups excluding carboxylic acids is 1. The predicted molar refractivity (Wildman–Crippen MR) is 202 cm³/mol. The highest BCUT2D eigenvalue weighted by Crippen LogP contribution is 2.50. The monoisotopic (exact) mass is 710 g/mol. The largest absolute Gasteiger partial charge is 0.507 e. The molecule has 1 aliphatic carbocycles. The Hall–Kier alpha value is -4.32. The van der Waals surface area contributed by atoms with Gasteiger partial charge in [0.2, 0.25) is 5.88 Å². The first-order chi connectivity index (χ1) is 25.0. The number of hydrogen-bond donors (Lipinski definition) is 2. The smallest absolute Gasteiger partial charge is 0.410 e. The second-order valence-corrected chi connectivity index (χ2v) is 16.9. The summed E-state index contributed by atoms with van der Waals surface area (Å²) in [4.78, 5) is 26.5. The van der Waals surface area contributed by atoms with Crippen LogP contribution in [0.3, 0.4) is 0 Å². The summed E-state index contributed by atoms with van der Waals surface area (Å²) in [5.74, 6) is 1.96. The Morgan fingerprint density at radius 1 is 0.962 bits per heavy atom. The van der Waals surface area contributed by atoms with Crippen molar-refractivity contribution in [3.8, 4) is 22.9 Å². The molecule has 2 unspecified atom stereocenters. The molecule has 52 heavy (non-hydrogen) atoms. The third-order valence-electron chi connectivity index (χ3n) is 12.1. The van der Waals surface area contributed by atoms with Crippen molar-refractivity contribution >= 4 is 23.3 Å². The summed E-state index contributed by atoms with van der Waals surface area (Å²) >= 11 is 0. The summed E-state index contributed by atoms with van der Waals surface area (Å²) in [6.45, 7) is 12.5. The van der Waals surface area contributed by atoms with Gasteiger partial charge < -0.3 is 39.9 Å². The van der Waals surface area contributed by atoms with Crippen molar-refractivity contribution < 1.29 is 19.4 Å². The molecule has 12 heteroatoms. The lowest BCUT2D eigenvalue weighted by Gasteiger charge is -2.52. The molecule has 5 fully saturated rings. The van der Waals surface area contributed by atoms with Crippen LogP contribution in [0.2, 0.25) is 0 Å². The van der Waals surface area contributed by atoms with Crippen LogP contribution in [0.1, 0.15) is 72.1 Å². The van der Waals surface area contributed by atoms with Crippen molar-refractivity contribution in [2.24, 2.45) is 11.3 Å². The number of nitrogen functional groups attached to an aromatic ring is 1. The second-order valence-electron chi connectivity index (χ2n) is 16.9. The number of nitrogens with two attached hydrogens (primary N) is 1. The van der Waals surface area contributed by atoms with Gasteiger partial charge in [-0.05, 0) is 121 Å². The van der Waals surface area contributed by atoms with Gasteiger partial charge in [-0.3, -0.25) is 0 Å². The molecule has 2 aromatic heterocycles. The van der Waals surface area contributed by atoms with E-state index in [1.807, 2.05) is 50.1 Å². The first-order valence-corrected chi connectivity index (χ1v) is 19.3. The molecule has 2 atom stereocenters. The van der Waals surface area contributed by atoms with E-state index in [0.29, 0.717) is 40.5 Å². The van der Waals surface area contributed by atoms with Crippen LogP contribution < -0.4 is 20.3 Å². The maximum Gasteiger partial charge on any atom is 0.410 e. The van der Waals surface area contributed by atoms with E-state index in [-0.39, 0.29) is 17.9 Å². The first kappa shape index (κ1) is 34.7. The van der Waals surface area contributed by atoms with E-state index in [0.717, 1.165) is 95.9 Å². The number of ether oxygens (including phenoxy) is 2. The molecule has 1 aromatic carbocycles. The minimum Gasteiger partial charge on any atom is -0.507 e. The Balaban J connectivity index is 0.814. The second kappa shape index (κ2) is 13.9. The Kier molecular flexibility index (Phi) is 9.30. The van der Waals surface area contributed by atoms with Crippen LogP contribution in [-0.4, -0.2) is 106 Å². The zero-order chi connectivity index (χ0) is 36.0. The van der Waals surface area contributed by atoms with Crippen LogP contribution in [0, 0.1) is 11.3 Å². The van der Waals surface area contributed by atoms with Crippen molar-refractivity contribution in [1.29, 1.82) is 0 Å². The number of benzene rings is 1. The van der Waals surface area contributed by atoms with Gasteiger partial charge in [-0.25, -0.2) is 9.78 Å². The number of aromatic hydroxyl groups is 1. The quantitative estimate of drug-likeness (QED) is 0.301. The number of likely N-dealkylation sites (tertiary alicyclic amines) is 2. The molecule has 1 spiro atoms. The van der Waals surface area contributed by atoms with E-state index >= 15 is 0 Å². The third kappa shape index (κ3) is 7.31. The van der Waals surface area contributed by atoms with Crippen LogP contribution in [-0.2, 0) is 4.74 Å². The van der Waals surface area contributed by atoms with Crippen LogP contribution in [0.15, 0.2) is 48.7 Å². The van der Waals surface area contributed by atoms with Gasteiger partial charge in [0.25, 0.3) is 0 Å². The van der Waals surface area contributed by atoms with Crippen molar-refractivity contribution in [2.45, 2.75) is 95.9 Å². The highest BCUT2D eigenvalue weighted by molar-refractivity contribution is 5.74. The number of piperazine rings is 1. The molecular formula is C40H54N8O4. The minimum absolute atomic E-state index is 0.174. The van der Waals surface area contributed by atoms with E-state index in [4.69, 9.17) is 15.2 Å². The van der Waals surface area contributed by atoms with Crippen LogP contribution in [0.25, 0.3) is 11.3 Å². The molecular weight excluding hydrogens is 656 g/mol. The van der Waals surface area contributed by atoms with Crippen molar-refractivity contribution in [1.82, 2.24) is 25.0 Å². The fourth-order valence-corrected chi connectivity index (χ4v) is 9.38. The fourth-order valence-electron chi connectivity index (χ4n) is 9.38. The molecule has 1 amide bonds. The highest BCUT2D eigenvalue weighted by atomic mass is 16.6. The topological polar surface area (TPSA) is 133 Å². The lowest BCUT2D eigenvalue weighted by Crippen LogP contribution is -2.54. The molecule has 278 valence electrons. The molecule has 8 rings (SSSR count). The molecule has 0 radical (unpaired) electrons. The molecule has 1 saturated carbocycles. The first-order valence-electron chi connectivity index (χ1n) is 19.3. The van der Waals surface area contributed by atoms with Crippen LogP contribution >= 0.6 is 0 Å². The van der Waals surface area contributed by atoms with Crippen LogP contribution in [0.5, 0.6) is 11.6 Å². The van der Waals surface area contributed by atoms with Gasteiger partial charge in [0, 0.05) is 68.3 Å².